The average Bonchev–Trinajstić information content (AvgIpc) is 2.72. The summed E-state index contributed by atoms with van der Waals surface area (Å²) in [5.74, 6) is 2.14. The Bertz CT molecular complexity index is 515. The summed E-state index contributed by atoms with van der Waals surface area (Å²) in [6.07, 6.45) is -0.523. The van der Waals surface area contributed by atoms with Crippen molar-refractivity contribution < 1.29 is 29.3 Å². The summed E-state index contributed by atoms with van der Waals surface area (Å²) in [5, 5.41) is 18.8. The molecule has 116 valence electrons. The van der Waals surface area contributed by atoms with Gasteiger partial charge in [-0.3, -0.25) is 15.0 Å². The number of β-lactam (4-membered cyclic amide) rings is 1. The standard InChI is InChI=1S/C12H17N3O6/c1-5(16)9-7-2-6(3-21-4-8(17)14-13)10(12(19)20)15(7)11(9)18/h5,7,9,16H,2-4,13H2,1H3,(H,14,17)(H,19,20). The molecule has 5 N–H and O–H groups in total. The van der Waals surface area contributed by atoms with Gasteiger partial charge in [-0.05, 0) is 18.9 Å². The molecule has 21 heavy (non-hydrogen) atoms. The fourth-order valence-electron chi connectivity index (χ4n) is 2.80. The number of aliphatic carboxylic acids is 1. The topological polar surface area (TPSA) is 142 Å². The molecule has 0 aromatic rings. The van der Waals surface area contributed by atoms with Crippen molar-refractivity contribution in [1.29, 1.82) is 0 Å². The second-order valence-corrected chi connectivity index (χ2v) is 5.06. The van der Waals surface area contributed by atoms with Crippen LogP contribution in [0.4, 0.5) is 0 Å². The van der Waals surface area contributed by atoms with Crippen molar-refractivity contribution in [3.8, 4) is 0 Å². The van der Waals surface area contributed by atoms with Gasteiger partial charge < -0.3 is 19.8 Å². The molecule has 2 heterocycles. The van der Waals surface area contributed by atoms with Gasteiger partial charge in [0.05, 0.1) is 24.7 Å². The maximum atomic E-state index is 11.9. The minimum Gasteiger partial charge on any atom is -0.477 e. The third kappa shape index (κ3) is 2.62. The molecule has 0 aromatic carbocycles. The number of aliphatic hydroxyl groups is 1. The molecule has 0 aliphatic carbocycles. The van der Waals surface area contributed by atoms with Gasteiger partial charge in [0.15, 0.2) is 0 Å². The van der Waals surface area contributed by atoms with Gasteiger partial charge in [-0.1, -0.05) is 0 Å². The molecule has 1 fully saturated rings. The fourth-order valence-corrected chi connectivity index (χ4v) is 2.80. The number of ether oxygens (including phenoxy) is 1. The lowest BCUT2D eigenvalue weighted by molar-refractivity contribution is -0.161. The predicted octanol–water partition coefficient (Wildman–Crippen LogP) is -2.06. The van der Waals surface area contributed by atoms with Crippen LogP contribution in [0.2, 0.25) is 0 Å². The number of nitrogens with one attached hydrogen (secondary N) is 1. The van der Waals surface area contributed by atoms with Crippen molar-refractivity contribution in [3.63, 3.8) is 0 Å². The smallest absolute Gasteiger partial charge is 0.352 e. The van der Waals surface area contributed by atoms with E-state index < -0.39 is 29.8 Å². The summed E-state index contributed by atoms with van der Waals surface area (Å²) in [6, 6.07) is -0.356. The number of hydrogen-bond acceptors (Lipinski definition) is 6. The molecular formula is C12H17N3O6. The molecule has 0 bridgehead atoms. The number of hydrazine groups is 1. The Morgan fingerprint density at radius 3 is 2.76 bits per heavy atom. The predicted molar refractivity (Wildman–Crippen MR) is 68.2 cm³/mol. The van der Waals surface area contributed by atoms with Crippen molar-refractivity contribution in [2.75, 3.05) is 13.2 Å². The summed E-state index contributed by atoms with van der Waals surface area (Å²) in [6.45, 7) is 1.12. The Balaban J connectivity index is 2.08. The molecule has 3 unspecified atom stereocenters. The Hall–Kier alpha value is -1.97. The number of carboxylic acid groups (broad SMARTS) is 1. The third-order valence-corrected chi connectivity index (χ3v) is 3.69. The summed E-state index contributed by atoms with van der Waals surface area (Å²) < 4.78 is 5.09. The first-order chi connectivity index (χ1) is 9.88. The van der Waals surface area contributed by atoms with Gasteiger partial charge in [-0.15, -0.1) is 0 Å². The van der Waals surface area contributed by atoms with Gasteiger partial charge in [-0.2, -0.15) is 0 Å². The molecule has 2 aliphatic heterocycles. The minimum absolute atomic E-state index is 0.0815. The zero-order chi connectivity index (χ0) is 15.7. The molecule has 2 rings (SSSR count). The highest BCUT2D eigenvalue weighted by atomic mass is 16.5. The number of amides is 2. The number of rotatable bonds is 6. The fraction of sp³-hybridized carbons (Fsp3) is 0.583. The number of carbonyl (C=O) groups excluding carboxylic acids is 2. The van der Waals surface area contributed by atoms with Crippen molar-refractivity contribution in [2.45, 2.75) is 25.5 Å². The van der Waals surface area contributed by atoms with Crippen molar-refractivity contribution >= 4 is 17.8 Å². The average molecular weight is 299 g/mol. The molecular weight excluding hydrogens is 282 g/mol. The molecule has 2 aliphatic rings. The van der Waals surface area contributed by atoms with Gasteiger partial charge in [-0.25, -0.2) is 10.6 Å². The molecule has 0 spiro atoms. The Kier molecular flexibility index (Phi) is 4.26. The maximum Gasteiger partial charge on any atom is 0.352 e. The largest absolute Gasteiger partial charge is 0.477 e. The van der Waals surface area contributed by atoms with E-state index in [0.717, 1.165) is 0 Å². The molecule has 0 saturated carbocycles. The third-order valence-electron chi connectivity index (χ3n) is 3.69. The monoisotopic (exact) mass is 299 g/mol. The van der Waals surface area contributed by atoms with Crippen LogP contribution in [0.15, 0.2) is 11.3 Å². The summed E-state index contributed by atoms with van der Waals surface area (Å²) >= 11 is 0. The normalized spacial score (nSPS) is 25.5. The zero-order valence-corrected chi connectivity index (χ0v) is 11.4. The SMILES string of the molecule is CC(O)C1C(=O)N2C(C(=O)O)=C(COCC(=O)NN)CC12. The van der Waals surface area contributed by atoms with E-state index in [-0.39, 0.29) is 25.0 Å². The van der Waals surface area contributed by atoms with E-state index in [2.05, 4.69) is 0 Å². The lowest BCUT2D eigenvalue weighted by Gasteiger charge is -2.44. The van der Waals surface area contributed by atoms with Crippen LogP contribution in [0.25, 0.3) is 0 Å². The number of carboxylic acids is 1. The van der Waals surface area contributed by atoms with Crippen LogP contribution < -0.4 is 11.3 Å². The van der Waals surface area contributed by atoms with Gasteiger partial charge >= 0.3 is 5.97 Å². The van der Waals surface area contributed by atoms with E-state index in [9.17, 15) is 24.6 Å². The van der Waals surface area contributed by atoms with Crippen LogP contribution >= 0.6 is 0 Å². The van der Waals surface area contributed by atoms with E-state index in [1.807, 2.05) is 5.43 Å². The molecule has 2 amide bonds. The van der Waals surface area contributed by atoms with Crippen LogP contribution in [-0.4, -0.2) is 58.3 Å². The highest BCUT2D eigenvalue weighted by Gasteiger charge is 2.56. The number of hydrogen-bond donors (Lipinski definition) is 4. The molecule has 0 aromatic heterocycles. The van der Waals surface area contributed by atoms with Gasteiger partial charge in [0, 0.05) is 0 Å². The van der Waals surface area contributed by atoms with Gasteiger partial charge in [0.1, 0.15) is 12.3 Å². The van der Waals surface area contributed by atoms with Crippen LogP contribution in [0.1, 0.15) is 13.3 Å². The maximum absolute atomic E-state index is 11.9. The van der Waals surface area contributed by atoms with Crippen molar-refractivity contribution in [1.82, 2.24) is 10.3 Å². The number of nitrogens with two attached hydrogens (primary N) is 1. The van der Waals surface area contributed by atoms with Gasteiger partial charge in [0.2, 0.25) is 5.91 Å². The first-order valence-electron chi connectivity index (χ1n) is 6.42. The van der Waals surface area contributed by atoms with Crippen LogP contribution in [0.5, 0.6) is 0 Å². The molecule has 9 heteroatoms. The molecule has 3 atom stereocenters. The quantitative estimate of drug-likeness (QED) is 0.191. The lowest BCUT2D eigenvalue weighted by atomic mass is 9.83. The summed E-state index contributed by atoms with van der Waals surface area (Å²) in [5.41, 5.74) is 2.20. The highest BCUT2D eigenvalue weighted by molar-refractivity contribution is 5.99. The first kappa shape index (κ1) is 15.4. The second-order valence-electron chi connectivity index (χ2n) is 5.06. The van der Waals surface area contributed by atoms with E-state index >= 15 is 0 Å². The van der Waals surface area contributed by atoms with Crippen LogP contribution in [0.3, 0.4) is 0 Å². The van der Waals surface area contributed by atoms with Crippen LogP contribution in [-0.2, 0) is 19.1 Å². The number of carbonyl (C=O) groups is 3. The first-order valence-corrected chi connectivity index (χ1v) is 6.42. The van der Waals surface area contributed by atoms with Crippen molar-refractivity contribution in [3.05, 3.63) is 11.3 Å². The minimum atomic E-state index is -1.23. The highest BCUT2D eigenvalue weighted by Crippen LogP contribution is 2.43. The zero-order valence-electron chi connectivity index (χ0n) is 11.4. The second kappa shape index (κ2) is 5.80. The molecule has 1 saturated heterocycles. The van der Waals surface area contributed by atoms with Crippen molar-refractivity contribution in [2.24, 2.45) is 11.8 Å². The van der Waals surface area contributed by atoms with E-state index in [0.29, 0.717) is 12.0 Å². The lowest BCUT2D eigenvalue weighted by Crippen LogP contribution is -2.61. The van der Waals surface area contributed by atoms with E-state index in [4.69, 9.17) is 10.6 Å². The number of fused-ring (bicyclic) bond motifs is 1. The van der Waals surface area contributed by atoms with E-state index in [1.54, 1.807) is 0 Å². The Morgan fingerprint density at radius 2 is 2.24 bits per heavy atom. The van der Waals surface area contributed by atoms with Gasteiger partial charge in [0.25, 0.3) is 5.91 Å². The Morgan fingerprint density at radius 1 is 1.57 bits per heavy atom. The Labute approximate surface area is 120 Å². The number of nitrogens with zero attached hydrogens (tertiary/aromatic N) is 1. The molecule has 9 nitrogen and oxygen atoms in total. The summed E-state index contributed by atoms with van der Waals surface area (Å²) in [7, 11) is 0. The number of aliphatic hydroxyl groups excluding tert-OH is 1. The summed E-state index contributed by atoms with van der Waals surface area (Å²) in [4.78, 5) is 35.4. The molecule has 0 radical (unpaired) electrons. The van der Waals surface area contributed by atoms with Crippen LogP contribution in [0, 0.1) is 5.92 Å². The van der Waals surface area contributed by atoms with E-state index in [1.165, 1.54) is 11.8 Å².